The highest BCUT2D eigenvalue weighted by atomic mass is 28.3. The largest absolute Gasteiger partial charge is 0.497 e. The maximum absolute atomic E-state index is 13.4. The van der Waals surface area contributed by atoms with Gasteiger partial charge in [-0.3, -0.25) is 15.0 Å². The number of amides is 1. The van der Waals surface area contributed by atoms with Gasteiger partial charge in [-0.2, -0.15) is 0 Å². The Balaban J connectivity index is 1.37. The van der Waals surface area contributed by atoms with E-state index in [4.69, 9.17) is 9.47 Å². The quantitative estimate of drug-likeness (QED) is 0.359. The van der Waals surface area contributed by atoms with Gasteiger partial charge >= 0.3 is 0 Å². The number of nitrogens with zero attached hydrogens (tertiary/aromatic N) is 1. The lowest BCUT2D eigenvalue weighted by Gasteiger charge is -2.24. The van der Waals surface area contributed by atoms with Crippen LogP contribution in [0.3, 0.4) is 0 Å². The van der Waals surface area contributed by atoms with E-state index in [1.54, 1.807) is 7.11 Å². The van der Waals surface area contributed by atoms with Crippen molar-refractivity contribution in [2.75, 3.05) is 32.2 Å². The number of rotatable bonds is 11. The first-order valence-electron chi connectivity index (χ1n) is 13.0. The predicted molar refractivity (Wildman–Crippen MR) is 153 cm³/mol. The molecule has 0 bridgehead atoms. The monoisotopic (exact) mass is 517 g/mol. The lowest BCUT2D eigenvalue weighted by Crippen LogP contribution is -2.40. The summed E-state index contributed by atoms with van der Waals surface area (Å²) in [4.78, 5) is 15.7. The molecule has 1 saturated heterocycles. The van der Waals surface area contributed by atoms with Crippen molar-refractivity contribution in [2.24, 2.45) is 0 Å². The van der Waals surface area contributed by atoms with Gasteiger partial charge in [0, 0.05) is 25.4 Å². The molecule has 1 amide bonds. The zero-order valence-electron chi connectivity index (χ0n) is 22.4. The van der Waals surface area contributed by atoms with Gasteiger partial charge in [0.25, 0.3) is 0 Å². The van der Waals surface area contributed by atoms with E-state index in [1.807, 2.05) is 54.6 Å². The maximum atomic E-state index is 13.4. The topological polar surface area (TPSA) is 62.8 Å². The normalized spacial score (nSPS) is 16.9. The number of benzene rings is 3. The van der Waals surface area contributed by atoms with Crippen LogP contribution in [0.1, 0.15) is 23.6 Å². The fourth-order valence-electron chi connectivity index (χ4n) is 4.51. The Morgan fingerprint density at radius 2 is 1.70 bits per heavy atom. The molecule has 6 nitrogen and oxygen atoms in total. The van der Waals surface area contributed by atoms with Gasteiger partial charge in [0.1, 0.15) is 11.8 Å². The fraction of sp³-hybridized carbons (Fsp3) is 0.367. The van der Waals surface area contributed by atoms with E-state index in [2.05, 4.69) is 59.4 Å². The van der Waals surface area contributed by atoms with Gasteiger partial charge in [-0.15, -0.1) is 0 Å². The molecule has 0 aromatic heterocycles. The predicted octanol–water partition coefficient (Wildman–Crippen LogP) is 4.76. The summed E-state index contributed by atoms with van der Waals surface area (Å²) in [5, 5.41) is 7.97. The van der Waals surface area contributed by atoms with Gasteiger partial charge in [0.15, 0.2) is 0 Å². The molecule has 37 heavy (non-hydrogen) atoms. The molecule has 2 atom stereocenters. The molecular weight excluding hydrogens is 478 g/mol. The summed E-state index contributed by atoms with van der Waals surface area (Å²) in [6.07, 6.45) is 1.18. The van der Waals surface area contributed by atoms with Crippen LogP contribution in [-0.2, 0) is 16.1 Å². The van der Waals surface area contributed by atoms with Gasteiger partial charge in [-0.05, 0) is 41.8 Å². The van der Waals surface area contributed by atoms with Crippen molar-refractivity contribution < 1.29 is 14.3 Å². The van der Waals surface area contributed by atoms with Crippen molar-refractivity contribution in [2.45, 2.75) is 44.8 Å². The van der Waals surface area contributed by atoms with E-state index in [-0.39, 0.29) is 12.0 Å². The Morgan fingerprint density at radius 1 is 1.00 bits per heavy atom. The average Bonchev–Trinajstić information content (AvgIpc) is 3.36. The molecule has 3 aromatic rings. The third-order valence-corrected chi connectivity index (χ3v) is 8.87. The Morgan fingerprint density at radius 3 is 2.35 bits per heavy atom. The minimum atomic E-state index is -1.39. The number of ether oxygens (including phenoxy) is 2. The molecule has 1 aliphatic rings. The number of anilines is 1. The van der Waals surface area contributed by atoms with E-state index in [0.717, 1.165) is 36.5 Å². The van der Waals surface area contributed by atoms with Gasteiger partial charge in [0.2, 0.25) is 5.91 Å². The SMILES string of the molecule is COc1ccc(C(NCN2CCC(OCc3ccccc3)C2)C(=O)Nc2ccc([Si](C)(C)C)cc2)cc1. The van der Waals surface area contributed by atoms with Crippen molar-refractivity contribution >= 4 is 24.9 Å². The Kier molecular flexibility index (Phi) is 9.16. The van der Waals surface area contributed by atoms with Crippen molar-refractivity contribution in [3.05, 3.63) is 90.0 Å². The van der Waals surface area contributed by atoms with Gasteiger partial charge in [-0.1, -0.05) is 79.4 Å². The van der Waals surface area contributed by atoms with E-state index in [0.29, 0.717) is 13.3 Å². The zero-order valence-corrected chi connectivity index (χ0v) is 23.4. The van der Waals surface area contributed by atoms with E-state index >= 15 is 0 Å². The molecule has 2 N–H and O–H groups in total. The van der Waals surface area contributed by atoms with Crippen LogP contribution < -0.4 is 20.6 Å². The summed E-state index contributed by atoms with van der Waals surface area (Å²) in [6.45, 7) is 9.96. The van der Waals surface area contributed by atoms with Crippen molar-refractivity contribution in [3.8, 4) is 5.75 Å². The lowest BCUT2D eigenvalue weighted by molar-refractivity contribution is -0.118. The number of likely N-dealkylation sites (tertiary alicyclic amines) is 1. The molecule has 1 aliphatic heterocycles. The average molecular weight is 518 g/mol. The van der Waals surface area contributed by atoms with Crippen LogP contribution in [0.25, 0.3) is 0 Å². The van der Waals surface area contributed by atoms with Crippen LogP contribution in [0.15, 0.2) is 78.9 Å². The minimum absolute atomic E-state index is 0.0815. The molecule has 0 radical (unpaired) electrons. The Hall–Kier alpha value is -2.97. The molecule has 0 saturated carbocycles. The number of hydrogen-bond donors (Lipinski definition) is 2. The summed E-state index contributed by atoms with van der Waals surface area (Å²) in [6, 6.07) is 25.7. The van der Waals surface area contributed by atoms with Crippen LogP contribution in [0.2, 0.25) is 19.6 Å². The maximum Gasteiger partial charge on any atom is 0.246 e. The van der Waals surface area contributed by atoms with E-state index < -0.39 is 14.1 Å². The van der Waals surface area contributed by atoms with Crippen molar-refractivity contribution in [3.63, 3.8) is 0 Å². The van der Waals surface area contributed by atoms with Gasteiger partial charge in [0.05, 0.1) is 27.9 Å². The molecule has 0 spiro atoms. The third kappa shape index (κ3) is 7.76. The summed E-state index contributed by atoms with van der Waals surface area (Å²) in [5.74, 6) is 0.685. The van der Waals surface area contributed by atoms with Crippen LogP contribution >= 0.6 is 0 Å². The van der Waals surface area contributed by atoms with Gasteiger partial charge in [-0.25, -0.2) is 0 Å². The molecule has 2 unspecified atom stereocenters. The molecule has 7 heteroatoms. The molecule has 4 rings (SSSR count). The molecule has 0 aliphatic carbocycles. The van der Waals surface area contributed by atoms with Crippen molar-refractivity contribution in [1.82, 2.24) is 10.2 Å². The third-order valence-electron chi connectivity index (χ3n) is 6.81. The highest BCUT2D eigenvalue weighted by molar-refractivity contribution is 6.88. The Bertz CT molecular complexity index is 1130. The number of methoxy groups -OCH3 is 1. The van der Waals surface area contributed by atoms with Gasteiger partial charge < -0.3 is 14.8 Å². The van der Waals surface area contributed by atoms with Crippen LogP contribution in [0, 0.1) is 0 Å². The van der Waals surface area contributed by atoms with E-state index in [9.17, 15) is 4.79 Å². The molecular formula is C30H39N3O3Si. The summed E-state index contributed by atoms with van der Waals surface area (Å²) in [5.41, 5.74) is 2.89. The molecule has 1 fully saturated rings. The first-order valence-corrected chi connectivity index (χ1v) is 16.5. The van der Waals surface area contributed by atoms with Crippen LogP contribution in [0.5, 0.6) is 5.75 Å². The summed E-state index contributed by atoms with van der Waals surface area (Å²) >= 11 is 0. The molecule has 1 heterocycles. The highest BCUT2D eigenvalue weighted by Gasteiger charge is 2.26. The second-order valence-electron chi connectivity index (χ2n) is 10.7. The number of nitrogens with one attached hydrogen (secondary N) is 2. The van der Waals surface area contributed by atoms with Crippen LogP contribution in [-0.4, -0.2) is 51.9 Å². The second-order valence-corrected chi connectivity index (χ2v) is 15.7. The smallest absolute Gasteiger partial charge is 0.246 e. The second kappa shape index (κ2) is 12.5. The standard InChI is InChI=1S/C30H39N3O3Si/c1-35-26-14-10-24(11-15-26)29(30(34)32-25-12-16-28(17-13-25)37(2,3)4)31-22-33-19-18-27(20-33)36-21-23-8-6-5-7-9-23/h5-17,27,29,31H,18-22H2,1-4H3,(H,32,34). The Labute approximate surface area is 222 Å². The number of carbonyl (C=O) groups is 1. The first-order chi connectivity index (χ1) is 17.8. The number of carbonyl (C=O) groups excluding carboxylic acids is 1. The zero-order chi connectivity index (χ0) is 26.3. The lowest BCUT2D eigenvalue weighted by atomic mass is 10.1. The molecule has 3 aromatic carbocycles. The minimum Gasteiger partial charge on any atom is -0.497 e. The first kappa shape index (κ1) is 27.1. The molecule has 196 valence electrons. The van der Waals surface area contributed by atoms with Crippen molar-refractivity contribution in [1.29, 1.82) is 0 Å². The van der Waals surface area contributed by atoms with Crippen LogP contribution in [0.4, 0.5) is 5.69 Å². The summed E-state index contributed by atoms with van der Waals surface area (Å²) in [7, 11) is 0.253. The van der Waals surface area contributed by atoms with E-state index in [1.165, 1.54) is 10.8 Å². The highest BCUT2D eigenvalue weighted by Crippen LogP contribution is 2.21. The number of hydrogen-bond acceptors (Lipinski definition) is 5. The summed E-state index contributed by atoms with van der Waals surface area (Å²) < 4.78 is 11.4. The fourth-order valence-corrected chi connectivity index (χ4v) is 5.68.